The number of azide groups is 1. The van der Waals surface area contributed by atoms with Crippen LogP contribution in [0.4, 0.5) is 0 Å². The molecule has 1 fully saturated rings. The monoisotopic (exact) mass is 414 g/mol. The summed E-state index contributed by atoms with van der Waals surface area (Å²) >= 11 is 0. The summed E-state index contributed by atoms with van der Waals surface area (Å²) in [6.07, 6.45) is -3.02. The van der Waals surface area contributed by atoms with E-state index in [2.05, 4.69) is 15.3 Å². The fourth-order valence-corrected chi connectivity index (χ4v) is 3.58. The Hall–Kier alpha value is -2.21. The summed E-state index contributed by atoms with van der Waals surface area (Å²) in [5.74, 6) is -0.380. The second-order valence-electron chi connectivity index (χ2n) is 6.02. The zero-order valence-electron chi connectivity index (χ0n) is 15.6. The Morgan fingerprint density at radius 2 is 2.00 bits per heavy atom. The van der Waals surface area contributed by atoms with E-state index in [9.17, 15) is 13.2 Å². The van der Waals surface area contributed by atoms with E-state index in [1.165, 1.54) is 14.2 Å². The minimum Gasteiger partial charge on any atom is -0.376 e. The zero-order chi connectivity index (χ0) is 20.7. The number of rotatable bonds is 9. The summed E-state index contributed by atoms with van der Waals surface area (Å²) in [5, 5.41) is 6.16. The topological polar surface area (TPSA) is 149 Å². The lowest BCUT2D eigenvalue weighted by Crippen LogP contribution is -2.51. The van der Waals surface area contributed by atoms with Gasteiger partial charge in [-0.3, -0.25) is 8.98 Å². The van der Waals surface area contributed by atoms with Crippen LogP contribution in [0.2, 0.25) is 0 Å². The molecular weight excluding hydrogens is 392 g/mol. The Kier molecular flexibility index (Phi) is 7.75. The van der Waals surface area contributed by atoms with Gasteiger partial charge in [-0.2, -0.15) is 8.42 Å². The van der Waals surface area contributed by atoms with Crippen molar-refractivity contribution in [3.05, 3.63) is 46.3 Å². The third-order valence-corrected chi connectivity index (χ3v) is 4.69. The van der Waals surface area contributed by atoms with Crippen LogP contribution in [0.25, 0.3) is 10.4 Å². The molecule has 11 nitrogen and oxygen atoms in total. The molecule has 2 rings (SSSR count). The van der Waals surface area contributed by atoms with E-state index in [-0.39, 0.29) is 12.5 Å². The number of carbonyl (C=O) groups excluding carboxylic acids is 1. The molecule has 12 heteroatoms. The molecule has 1 saturated heterocycles. The van der Waals surface area contributed by atoms with Crippen LogP contribution in [0.3, 0.4) is 0 Å². The van der Waals surface area contributed by atoms with Crippen molar-refractivity contribution in [2.45, 2.75) is 30.6 Å². The van der Waals surface area contributed by atoms with E-state index in [0.717, 1.165) is 6.26 Å². The third-order valence-electron chi connectivity index (χ3n) is 4.09. The van der Waals surface area contributed by atoms with Crippen molar-refractivity contribution in [1.29, 1.82) is 0 Å². The number of benzene rings is 1. The Bertz CT molecular complexity index is 814. The summed E-state index contributed by atoms with van der Waals surface area (Å²) in [4.78, 5) is 15.2. The molecule has 154 valence electrons. The molecule has 28 heavy (non-hydrogen) atoms. The van der Waals surface area contributed by atoms with E-state index in [1.807, 2.05) is 0 Å². The molecule has 1 amide bonds. The number of hydrogen-bond donors (Lipinski definition) is 1. The maximum absolute atomic E-state index is 12.5. The number of methoxy groups -OCH3 is 2. The highest BCUT2D eigenvalue weighted by atomic mass is 32.2. The van der Waals surface area contributed by atoms with Crippen LogP contribution in [-0.2, 0) is 28.5 Å². The molecule has 0 aromatic heterocycles. The minimum absolute atomic E-state index is 0.316. The quantitative estimate of drug-likeness (QED) is 0.272. The van der Waals surface area contributed by atoms with Gasteiger partial charge in [-0.05, 0) is 17.7 Å². The molecule has 1 aromatic carbocycles. The first-order chi connectivity index (χ1) is 13.3. The van der Waals surface area contributed by atoms with Gasteiger partial charge in [0.2, 0.25) is 0 Å². The Morgan fingerprint density at radius 3 is 2.54 bits per heavy atom. The number of nitrogens with one attached hydrogen (secondary N) is 1. The van der Waals surface area contributed by atoms with Crippen LogP contribution >= 0.6 is 0 Å². The van der Waals surface area contributed by atoms with Gasteiger partial charge in [-0.25, -0.2) is 0 Å². The number of amides is 1. The lowest BCUT2D eigenvalue weighted by atomic mass is 10.0. The van der Waals surface area contributed by atoms with Crippen molar-refractivity contribution in [2.24, 2.45) is 5.11 Å². The standard InChI is InChI=1S/C16H22N4O7S/c1-24-14-12(19-15(21)10-7-5-4-6-8-10)16(25-2)26-13(14)11(9-18-20-17)27-28(3,22)23/h4-8,11-14,16H,9H2,1-3H3,(H,19,21)/t11-,12+,13-,14+,16-/m1/s1. The van der Waals surface area contributed by atoms with Crippen molar-refractivity contribution in [1.82, 2.24) is 5.32 Å². The molecule has 1 heterocycles. The van der Waals surface area contributed by atoms with Gasteiger partial charge in [0.1, 0.15) is 24.4 Å². The first kappa shape index (κ1) is 22.1. The molecule has 0 spiro atoms. The maximum Gasteiger partial charge on any atom is 0.264 e. The number of hydrogen-bond acceptors (Lipinski definition) is 8. The Morgan fingerprint density at radius 1 is 1.32 bits per heavy atom. The van der Waals surface area contributed by atoms with Crippen LogP contribution < -0.4 is 5.32 Å². The fraction of sp³-hybridized carbons (Fsp3) is 0.562. The molecule has 1 aliphatic rings. The van der Waals surface area contributed by atoms with Gasteiger partial charge in [0, 0.05) is 24.7 Å². The molecule has 1 aromatic rings. The predicted octanol–water partition coefficient (Wildman–Crippen LogP) is 0.826. The Balaban J connectivity index is 2.26. The first-order valence-corrected chi connectivity index (χ1v) is 10.1. The van der Waals surface area contributed by atoms with E-state index >= 15 is 0 Å². The second kappa shape index (κ2) is 9.82. The zero-order valence-corrected chi connectivity index (χ0v) is 16.4. The van der Waals surface area contributed by atoms with Crippen LogP contribution in [0, 0.1) is 0 Å². The lowest BCUT2D eigenvalue weighted by Gasteiger charge is -2.26. The van der Waals surface area contributed by atoms with E-state index in [0.29, 0.717) is 5.56 Å². The number of ether oxygens (including phenoxy) is 3. The summed E-state index contributed by atoms with van der Waals surface area (Å²) in [6, 6.07) is 7.75. The highest BCUT2D eigenvalue weighted by Gasteiger charge is 2.50. The molecule has 0 unspecified atom stereocenters. The van der Waals surface area contributed by atoms with Gasteiger partial charge in [0.15, 0.2) is 6.29 Å². The van der Waals surface area contributed by atoms with Crippen LogP contribution in [0.5, 0.6) is 0 Å². The number of nitrogens with zero attached hydrogens (tertiary/aromatic N) is 3. The van der Waals surface area contributed by atoms with E-state index in [4.69, 9.17) is 23.9 Å². The van der Waals surface area contributed by atoms with E-state index in [1.54, 1.807) is 30.3 Å². The minimum atomic E-state index is -3.88. The van der Waals surface area contributed by atoms with Gasteiger partial charge >= 0.3 is 0 Å². The number of carbonyl (C=O) groups is 1. The van der Waals surface area contributed by atoms with E-state index < -0.39 is 40.8 Å². The fourth-order valence-electron chi connectivity index (χ4n) is 2.96. The summed E-state index contributed by atoms with van der Waals surface area (Å²) in [5.41, 5.74) is 9.00. The predicted molar refractivity (Wildman–Crippen MR) is 97.9 cm³/mol. The highest BCUT2D eigenvalue weighted by molar-refractivity contribution is 7.86. The maximum atomic E-state index is 12.5. The molecule has 0 radical (unpaired) electrons. The molecule has 1 N–H and O–H groups in total. The van der Waals surface area contributed by atoms with Gasteiger partial charge in [-0.15, -0.1) is 0 Å². The van der Waals surface area contributed by atoms with Gasteiger partial charge < -0.3 is 19.5 Å². The van der Waals surface area contributed by atoms with Crippen molar-refractivity contribution < 1.29 is 31.6 Å². The van der Waals surface area contributed by atoms with Gasteiger partial charge in [-0.1, -0.05) is 23.3 Å². The molecular formula is C16H22N4O7S. The van der Waals surface area contributed by atoms with Crippen molar-refractivity contribution in [3.8, 4) is 0 Å². The highest BCUT2D eigenvalue weighted by Crippen LogP contribution is 2.29. The SMILES string of the molecule is CO[C@@H]1O[C@H]([C@@H](CN=[N+]=[N-])OS(C)(=O)=O)[C@@H](OC)[C@@H]1NC(=O)c1ccccc1. The molecule has 0 bridgehead atoms. The third kappa shape index (κ3) is 5.64. The summed E-state index contributed by atoms with van der Waals surface area (Å²) in [6.45, 7) is -0.316. The van der Waals surface area contributed by atoms with Crippen LogP contribution in [0.1, 0.15) is 10.4 Å². The average molecular weight is 414 g/mol. The largest absolute Gasteiger partial charge is 0.376 e. The van der Waals surface area contributed by atoms with Crippen LogP contribution in [-0.4, -0.2) is 72.0 Å². The van der Waals surface area contributed by atoms with Gasteiger partial charge in [0.25, 0.3) is 16.0 Å². The summed E-state index contributed by atoms with van der Waals surface area (Å²) in [7, 11) is -1.12. The average Bonchev–Trinajstić information content (AvgIpc) is 3.02. The summed E-state index contributed by atoms with van der Waals surface area (Å²) < 4.78 is 44.7. The molecule has 0 saturated carbocycles. The van der Waals surface area contributed by atoms with Crippen molar-refractivity contribution in [2.75, 3.05) is 27.0 Å². The second-order valence-corrected chi connectivity index (χ2v) is 7.62. The van der Waals surface area contributed by atoms with Crippen LogP contribution in [0.15, 0.2) is 35.4 Å². The smallest absolute Gasteiger partial charge is 0.264 e. The molecule has 0 aliphatic carbocycles. The molecule has 5 atom stereocenters. The van der Waals surface area contributed by atoms with Crippen molar-refractivity contribution in [3.63, 3.8) is 0 Å². The Labute approximate surface area is 162 Å². The van der Waals surface area contributed by atoms with Gasteiger partial charge in [0.05, 0.1) is 12.8 Å². The first-order valence-electron chi connectivity index (χ1n) is 8.26. The van der Waals surface area contributed by atoms with Crippen molar-refractivity contribution >= 4 is 16.0 Å². The lowest BCUT2D eigenvalue weighted by molar-refractivity contribution is -0.143. The normalized spacial score (nSPS) is 25.7. The molecule has 1 aliphatic heterocycles.